The molecule has 0 radical (unpaired) electrons. The zero-order chi connectivity index (χ0) is 21.4. The summed E-state index contributed by atoms with van der Waals surface area (Å²) < 4.78 is 0. The minimum atomic E-state index is -0.596. The maximum absolute atomic E-state index is 13.2. The molecule has 0 aliphatic rings. The molecule has 0 aliphatic heterocycles. The molecule has 2 amide bonds. The molecule has 0 aromatic heterocycles. The third-order valence-electron chi connectivity index (χ3n) is 5.04. The Labute approximate surface area is 183 Å². The van der Waals surface area contributed by atoms with E-state index < -0.39 is 6.04 Å². The Kier molecular flexibility index (Phi) is 8.99. The quantitative estimate of drug-likeness (QED) is 0.609. The van der Waals surface area contributed by atoms with Crippen LogP contribution in [0.15, 0.2) is 48.5 Å². The smallest absolute Gasteiger partial charge is 0.242 e. The first-order valence-corrected chi connectivity index (χ1v) is 10.7. The summed E-state index contributed by atoms with van der Waals surface area (Å²) in [6, 6.07) is 14.5. The van der Waals surface area contributed by atoms with E-state index in [-0.39, 0.29) is 24.3 Å². The molecular formula is C23H28Cl2N2O2. The second kappa shape index (κ2) is 11.2. The third-order valence-corrected chi connectivity index (χ3v) is 5.75. The summed E-state index contributed by atoms with van der Waals surface area (Å²) in [5, 5.41) is 3.86. The standard InChI is InChI=1S/C23H28Cl2N2O2/c1-4-16(2)26-23(29)17(3)27(14-13-18-9-6-5-7-10-18)22(28)15-19-20(24)11-8-12-21(19)25/h5-12,16-17H,4,13-15H2,1-3H3,(H,26,29)/t16-,17-/m0/s1. The van der Waals surface area contributed by atoms with E-state index in [0.29, 0.717) is 28.6 Å². The van der Waals surface area contributed by atoms with Crippen LogP contribution in [0.25, 0.3) is 0 Å². The van der Waals surface area contributed by atoms with Crippen LogP contribution < -0.4 is 5.32 Å². The van der Waals surface area contributed by atoms with Crippen LogP contribution in [0, 0.1) is 0 Å². The topological polar surface area (TPSA) is 49.4 Å². The summed E-state index contributed by atoms with van der Waals surface area (Å²) in [7, 11) is 0. The van der Waals surface area contributed by atoms with Crippen molar-refractivity contribution >= 4 is 35.0 Å². The molecular weight excluding hydrogens is 407 g/mol. The van der Waals surface area contributed by atoms with Crippen molar-refractivity contribution in [3.8, 4) is 0 Å². The minimum absolute atomic E-state index is 0.0498. The third kappa shape index (κ3) is 6.76. The van der Waals surface area contributed by atoms with E-state index in [1.807, 2.05) is 44.2 Å². The molecule has 2 aromatic carbocycles. The lowest BCUT2D eigenvalue weighted by atomic mass is 10.1. The van der Waals surface area contributed by atoms with Gasteiger partial charge < -0.3 is 10.2 Å². The van der Waals surface area contributed by atoms with Crippen molar-refractivity contribution in [1.82, 2.24) is 10.2 Å². The van der Waals surface area contributed by atoms with Gasteiger partial charge in [-0.05, 0) is 49.9 Å². The molecule has 6 heteroatoms. The van der Waals surface area contributed by atoms with Crippen LogP contribution in [-0.4, -0.2) is 35.3 Å². The number of hydrogen-bond donors (Lipinski definition) is 1. The molecule has 0 fully saturated rings. The highest BCUT2D eigenvalue weighted by atomic mass is 35.5. The zero-order valence-corrected chi connectivity index (χ0v) is 18.6. The van der Waals surface area contributed by atoms with Gasteiger partial charge in [0.2, 0.25) is 11.8 Å². The fraction of sp³-hybridized carbons (Fsp3) is 0.391. The van der Waals surface area contributed by atoms with Gasteiger partial charge in [-0.1, -0.05) is 66.5 Å². The highest BCUT2D eigenvalue weighted by Crippen LogP contribution is 2.25. The van der Waals surface area contributed by atoms with E-state index in [0.717, 1.165) is 12.0 Å². The maximum Gasteiger partial charge on any atom is 0.242 e. The number of nitrogens with zero attached hydrogens (tertiary/aromatic N) is 1. The van der Waals surface area contributed by atoms with Gasteiger partial charge >= 0.3 is 0 Å². The van der Waals surface area contributed by atoms with E-state index in [1.54, 1.807) is 30.0 Å². The molecule has 0 saturated heterocycles. The highest BCUT2D eigenvalue weighted by Gasteiger charge is 2.27. The van der Waals surface area contributed by atoms with Crippen molar-refractivity contribution < 1.29 is 9.59 Å². The zero-order valence-electron chi connectivity index (χ0n) is 17.1. The molecule has 0 unspecified atom stereocenters. The van der Waals surface area contributed by atoms with Gasteiger partial charge in [0.1, 0.15) is 6.04 Å². The Balaban J connectivity index is 2.20. The number of carbonyl (C=O) groups is 2. The predicted molar refractivity (Wildman–Crippen MR) is 119 cm³/mol. The number of amides is 2. The highest BCUT2D eigenvalue weighted by molar-refractivity contribution is 6.36. The first kappa shape index (κ1) is 23.2. The normalized spacial score (nSPS) is 12.9. The number of carbonyl (C=O) groups excluding carboxylic acids is 2. The Morgan fingerprint density at radius 3 is 2.21 bits per heavy atom. The molecule has 29 heavy (non-hydrogen) atoms. The Morgan fingerprint density at radius 2 is 1.62 bits per heavy atom. The van der Waals surface area contributed by atoms with Gasteiger partial charge in [-0.2, -0.15) is 0 Å². The molecule has 0 heterocycles. The van der Waals surface area contributed by atoms with Crippen LogP contribution in [-0.2, 0) is 22.4 Å². The molecule has 2 aromatic rings. The monoisotopic (exact) mass is 434 g/mol. The molecule has 2 rings (SSSR count). The number of nitrogens with one attached hydrogen (secondary N) is 1. The minimum Gasteiger partial charge on any atom is -0.352 e. The maximum atomic E-state index is 13.2. The van der Waals surface area contributed by atoms with E-state index in [4.69, 9.17) is 23.2 Å². The lowest BCUT2D eigenvalue weighted by Gasteiger charge is -2.30. The van der Waals surface area contributed by atoms with Gasteiger partial charge in [0.05, 0.1) is 6.42 Å². The number of benzene rings is 2. The summed E-state index contributed by atoms with van der Waals surface area (Å²) in [6.07, 6.45) is 1.53. The Morgan fingerprint density at radius 1 is 1.00 bits per heavy atom. The number of hydrogen-bond acceptors (Lipinski definition) is 2. The second-order valence-electron chi connectivity index (χ2n) is 7.19. The molecule has 0 saturated carbocycles. The molecule has 4 nitrogen and oxygen atoms in total. The molecule has 1 N–H and O–H groups in total. The average molecular weight is 435 g/mol. The average Bonchev–Trinajstić information content (AvgIpc) is 2.71. The van der Waals surface area contributed by atoms with Gasteiger partial charge in [0.15, 0.2) is 0 Å². The Hall–Kier alpha value is -2.04. The molecule has 2 atom stereocenters. The molecule has 0 aliphatic carbocycles. The number of halogens is 2. The molecule has 0 spiro atoms. The largest absolute Gasteiger partial charge is 0.352 e. The lowest BCUT2D eigenvalue weighted by Crippen LogP contribution is -2.50. The van der Waals surface area contributed by atoms with Gasteiger partial charge in [-0.25, -0.2) is 0 Å². The first-order chi connectivity index (χ1) is 13.8. The summed E-state index contributed by atoms with van der Waals surface area (Å²) in [5.74, 6) is -0.339. The van der Waals surface area contributed by atoms with Gasteiger partial charge in [-0.3, -0.25) is 9.59 Å². The fourth-order valence-electron chi connectivity index (χ4n) is 2.99. The number of rotatable bonds is 9. The van der Waals surface area contributed by atoms with Gasteiger partial charge in [0.25, 0.3) is 0 Å². The van der Waals surface area contributed by atoms with Crippen LogP contribution in [0.3, 0.4) is 0 Å². The molecule has 156 valence electrons. The van der Waals surface area contributed by atoms with E-state index in [2.05, 4.69) is 5.32 Å². The van der Waals surface area contributed by atoms with Crippen LogP contribution in [0.5, 0.6) is 0 Å². The second-order valence-corrected chi connectivity index (χ2v) is 8.01. The summed E-state index contributed by atoms with van der Waals surface area (Å²) in [5.41, 5.74) is 1.69. The van der Waals surface area contributed by atoms with Gasteiger partial charge in [-0.15, -0.1) is 0 Å². The van der Waals surface area contributed by atoms with Crippen molar-refractivity contribution in [2.45, 2.75) is 52.1 Å². The van der Waals surface area contributed by atoms with Crippen molar-refractivity contribution in [2.75, 3.05) is 6.54 Å². The van der Waals surface area contributed by atoms with E-state index >= 15 is 0 Å². The van der Waals surface area contributed by atoms with Crippen molar-refractivity contribution in [3.63, 3.8) is 0 Å². The van der Waals surface area contributed by atoms with Crippen molar-refractivity contribution in [3.05, 3.63) is 69.7 Å². The van der Waals surface area contributed by atoms with Crippen molar-refractivity contribution in [2.24, 2.45) is 0 Å². The SMILES string of the molecule is CC[C@H](C)NC(=O)[C@H](C)N(CCc1ccccc1)C(=O)Cc1c(Cl)cccc1Cl. The van der Waals surface area contributed by atoms with Crippen LogP contribution in [0.4, 0.5) is 0 Å². The predicted octanol–water partition coefficient (Wildman–Crippen LogP) is 4.91. The van der Waals surface area contributed by atoms with Gasteiger partial charge in [0, 0.05) is 22.6 Å². The fourth-order valence-corrected chi connectivity index (χ4v) is 3.52. The van der Waals surface area contributed by atoms with Crippen molar-refractivity contribution in [1.29, 1.82) is 0 Å². The Bertz CT molecular complexity index is 807. The van der Waals surface area contributed by atoms with E-state index in [1.165, 1.54) is 0 Å². The molecule has 0 bridgehead atoms. The van der Waals surface area contributed by atoms with Crippen LogP contribution >= 0.6 is 23.2 Å². The van der Waals surface area contributed by atoms with Crippen LogP contribution in [0.1, 0.15) is 38.3 Å². The lowest BCUT2D eigenvalue weighted by molar-refractivity contribution is -0.139. The summed E-state index contributed by atoms with van der Waals surface area (Å²) in [6.45, 7) is 6.15. The van der Waals surface area contributed by atoms with E-state index in [9.17, 15) is 9.59 Å². The van der Waals surface area contributed by atoms with Crippen LogP contribution in [0.2, 0.25) is 10.0 Å². The summed E-state index contributed by atoms with van der Waals surface area (Å²) >= 11 is 12.5. The first-order valence-electron chi connectivity index (χ1n) is 9.90. The summed E-state index contributed by atoms with van der Waals surface area (Å²) in [4.78, 5) is 27.5.